The molecule has 0 bridgehead atoms. The Morgan fingerprint density at radius 3 is 2.54 bits per heavy atom. The lowest BCUT2D eigenvalue weighted by Crippen LogP contribution is -2.19. The third-order valence-electron chi connectivity index (χ3n) is 3.47. The van der Waals surface area contributed by atoms with Gasteiger partial charge in [0.2, 0.25) is 0 Å². The van der Waals surface area contributed by atoms with Crippen LogP contribution in [0.1, 0.15) is 21.5 Å². The molecule has 0 aliphatic carbocycles. The van der Waals surface area contributed by atoms with Crippen LogP contribution in [0.5, 0.6) is 0 Å². The number of carbonyl (C=O) groups excluding carboxylic acids is 1. The van der Waals surface area contributed by atoms with Gasteiger partial charge in [-0.1, -0.05) is 24.3 Å². The van der Waals surface area contributed by atoms with Gasteiger partial charge in [0.05, 0.1) is 16.2 Å². The Morgan fingerprint density at radius 1 is 1.17 bits per heavy atom. The molecule has 0 saturated carbocycles. The Kier molecular flexibility index (Phi) is 4.48. The third kappa shape index (κ3) is 3.55. The molecule has 0 unspecified atom stereocenters. The fraction of sp³-hybridized carbons (Fsp3) is 0.0556. The van der Waals surface area contributed by atoms with Crippen molar-refractivity contribution in [2.24, 2.45) is 4.99 Å². The number of nitrogens with zero attached hydrogens (tertiary/aromatic N) is 1. The highest BCUT2D eigenvalue weighted by Gasteiger charge is 2.23. The van der Waals surface area contributed by atoms with Crippen molar-refractivity contribution >= 4 is 40.6 Å². The first-order valence-corrected chi connectivity index (χ1v) is 8.03. The zero-order valence-electron chi connectivity index (χ0n) is 12.8. The van der Waals surface area contributed by atoms with Gasteiger partial charge in [0.1, 0.15) is 0 Å². The maximum Gasteiger partial charge on any atom is 0.335 e. The molecule has 1 heterocycles. The number of benzene rings is 2. The minimum Gasteiger partial charge on any atom is -0.478 e. The number of aliphatic imine (C=N–C) groups is 1. The second-order valence-corrected chi connectivity index (χ2v) is 6.22. The maximum absolute atomic E-state index is 12.1. The van der Waals surface area contributed by atoms with Crippen LogP contribution in [0.4, 0.5) is 5.69 Å². The van der Waals surface area contributed by atoms with Crippen LogP contribution in [-0.2, 0) is 4.79 Å². The van der Waals surface area contributed by atoms with E-state index in [-0.39, 0.29) is 11.5 Å². The molecule has 0 spiro atoms. The van der Waals surface area contributed by atoms with Gasteiger partial charge in [0, 0.05) is 0 Å². The predicted molar refractivity (Wildman–Crippen MR) is 95.4 cm³/mol. The Morgan fingerprint density at radius 2 is 1.88 bits per heavy atom. The molecular weight excluding hydrogens is 324 g/mol. The highest BCUT2D eigenvalue weighted by Crippen LogP contribution is 2.28. The van der Waals surface area contributed by atoms with Crippen LogP contribution in [0, 0.1) is 6.92 Å². The first kappa shape index (κ1) is 16.0. The first-order valence-electron chi connectivity index (χ1n) is 7.21. The number of amides is 1. The van der Waals surface area contributed by atoms with Gasteiger partial charge in [0.15, 0.2) is 5.17 Å². The van der Waals surface area contributed by atoms with E-state index >= 15 is 0 Å². The summed E-state index contributed by atoms with van der Waals surface area (Å²) in [7, 11) is 0. The number of hydrogen-bond donors (Lipinski definition) is 2. The predicted octanol–water partition coefficient (Wildman–Crippen LogP) is 3.58. The Hall–Kier alpha value is -2.86. The zero-order valence-corrected chi connectivity index (χ0v) is 13.6. The fourth-order valence-corrected chi connectivity index (χ4v) is 3.00. The largest absolute Gasteiger partial charge is 0.478 e. The first-order chi connectivity index (χ1) is 11.5. The van der Waals surface area contributed by atoms with E-state index < -0.39 is 5.97 Å². The van der Waals surface area contributed by atoms with Crippen molar-refractivity contribution in [2.75, 3.05) is 0 Å². The van der Waals surface area contributed by atoms with E-state index in [1.165, 1.54) is 23.9 Å². The molecule has 2 aromatic carbocycles. The van der Waals surface area contributed by atoms with Crippen LogP contribution in [-0.4, -0.2) is 22.2 Å². The molecule has 5 nitrogen and oxygen atoms in total. The third-order valence-corrected chi connectivity index (χ3v) is 4.38. The van der Waals surface area contributed by atoms with E-state index in [1.54, 1.807) is 12.1 Å². The van der Waals surface area contributed by atoms with E-state index in [0.717, 1.165) is 11.1 Å². The quantitative estimate of drug-likeness (QED) is 0.838. The Bertz CT molecular complexity index is 870. The van der Waals surface area contributed by atoms with Crippen LogP contribution in [0.25, 0.3) is 6.08 Å². The summed E-state index contributed by atoms with van der Waals surface area (Å²) in [6, 6.07) is 14.0. The molecule has 0 aromatic heterocycles. The Balaban J connectivity index is 1.81. The summed E-state index contributed by atoms with van der Waals surface area (Å²) in [5, 5.41) is 12.1. The molecule has 6 heteroatoms. The molecule has 2 aromatic rings. The van der Waals surface area contributed by atoms with E-state index in [4.69, 9.17) is 5.11 Å². The number of rotatable bonds is 3. The molecule has 3 rings (SSSR count). The summed E-state index contributed by atoms with van der Waals surface area (Å²) >= 11 is 1.26. The van der Waals surface area contributed by atoms with Crippen LogP contribution in [0.15, 0.2) is 58.4 Å². The number of nitrogens with one attached hydrogen (secondary N) is 1. The number of thioether (sulfide) groups is 1. The second-order valence-electron chi connectivity index (χ2n) is 5.19. The molecule has 1 aliphatic rings. The molecule has 1 saturated heterocycles. The zero-order chi connectivity index (χ0) is 17.1. The average molecular weight is 338 g/mol. The van der Waals surface area contributed by atoms with Crippen LogP contribution in [0.2, 0.25) is 0 Å². The van der Waals surface area contributed by atoms with Crippen molar-refractivity contribution in [2.45, 2.75) is 6.92 Å². The number of carbonyl (C=O) groups is 2. The molecule has 0 radical (unpaired) electrons. The van der Waals surface area contributed by atoms with Gasteiger partial charge in [-0.05, 0) is 60.2 Å². The van der Waals surface area contributed by atoms with E-state index in [9.17, 15) is 9.59 Å². The number of hydrogen-bond acceptors (Lipinski definition) is 4. The average Bonchev–Trinajstić information content (AvgIpc) is 2.89. The minimum absolute atomic E-state index is 0.191. The second kappa shape index (κ2) is 6.72. The van der Waals surface area contributed by atoms with Crippen molar-refractivity contribution < 1.29 is 14.7 Å². The van der Waals surface area contributed by atoms with Crippen molar-refractivity contribution in [3.63, 3.8) is 0 Å². The van der Waals surface area contributed by atoms with Crippen LogP contribution in [0.3, 0.4) is 0 Å². The summed E-state index contributed by atoms with van der Waals surface area (Å²) in [5.41, 5.74) is 2.86. The van der Waals surface area contributed by atoms with E-state index in [2.05, 4.69) is 10.3 Å². The lowest BCUT2D eigenvalue weighted by Gasteiger charge is -1.99. The van der Waals surface area contributed by atoms with E-state index in [0.29, 0.717) is 15.8 Å². The topological polar surface area (TPSA) is 78.8 Å². The number of aryl methyl sites for hydroxylation is 1. The Labute approximate surface area is 143 Å². The van der Waals surface area contributed by atoms with Gasteiger partial charge in [0.25, 0.3) is 5.91 Å². The summed E-state index contributed by atoms with van der Waals surface area (Å²) in [5.74, 6) is -1.18. The van der Waals surface area contributed by atoms with Crippen molar-refractivity contribution in [1.29, 1.82) is 0 Å². The molecule has 1 fully saturated rings. The van der Waals surface area contributed by atoms with Gasteiger partial charge in [-0.2, -0.15) is 0 Å². The molecule has 2 N–H and O–H groups in total. The summed E-state index contributed by atoms with van der Waals surface area (Å²) in [4.78, 5) is 27.8. The number of carboxylic acid groups (broad SMARTS) is 1. The van der Waals surface area contributed by atoms with Crippen LogP contribution >= 0.6 is 11.8 Å². The number of aromatic carboxylic acids is 1. The highest BCUT2D eigenvalue weighted by molar-refractivity contribution is 8.18. The summed E-state index contributed by atoms with van der Waals surface area (Å²) in [6.45, 7) is 1.99. The molecule has 0 atom stereocenters. The maximum atomic E-state index is 12.1. The monoisotopic (exact) mass is 338 g/mol. The summed E-state index contributed by atoms with van der Waals surface area (Å²) in [6.07, 6.45) is 1.84. The lowest BCUT2D eigenvalue weighted by atomic mass is 10.1. The van der Waals surface area contributed by atoms with Gasteiger partial charge >= 0.3 is 5.97 Å². The lowest BCUT2D eigenvalue weighted by molar-refractivity contribution is -0.115. The molecular formula is C18H14N2O3S. The molecule has 1 amide bonds. The minimum atomic E-state index is -0.985. The van der Waals surface area contributed by atoms with Gasteiger partial charge in [-0.3, -0.25) is 4.79 Å². The SMILES string of the molecule is Cc1ccccc1/C=C1\SC(=Nc2ccc(C(=O)O)cc2)NC1=O. The van der Waals surface area contributed by atoms with Crippen molar-refractivity contribution in [3.05, 3.63) is 70.1 Å². The van der Waals surface area contributed by atoms with Gasteiger partial charge < -0.3 is 10.4 Å². The summed E-state index contributed by atoms with van der Waals surface area (Å²) < 4.78 is 0. The molecule has 24 heavy (non-hydrogen) atoms. The van der Waals surface area contributed by atoms with E-state index in [1.807, 2.05) is 37.3 Å². The molecule has 120 valence electrons. The standard InChI is InChI=1S/C18H14N2O3S/c1-11-4-2-3-5-13(11)10-15-16(21)20-18(24-15)19-14-8-6-12(7-9-14)17(22)23/h2-10H,1H3,(H,22,23)(H,19,20,21)/b15-10-. The van der Waals surface area contributed by atoms with Crippen LogP contribution < -0.4 is 5.32 Å². The molecule has 1 aliphatic heterocycles. The van der Waals surface area contributed by atoms with Crippen molar-refractivity contribution in [3.8, 4) is 0 Å². The number of amidine groups is 1. The van der Waals surface area contributed by atoms with Gasteiger partial charge in [-0.15, -0.1) is 0 Å². The normalized spacial score (nSPS) is 17.3. The number of carboxylic acids is 1. The van der Waals surface area contributed by atoms with Gasteiger partial charge in [-0.25, -0.2) is 9.79 Å². The highest BCUT2D eigenvalue weighted by atomic mass is 32.2. The fourth-order valence-electron chi connectivity index (χ4n) is 2.17. The smallest absolute Gasteiger partial charge is 0.335 e. The van der Waals surface area contributed by atoms with Crippen molar-refractivity contribution in [1.82, 2.24) is 5.32 Å².